The van der Waals surface area contributed by atoms with Crippen LogP contribution in [0.4, 0.5) is 5.69 Å². The molecule has 0 amide bonds. The summed E-state index contributed by atoms with van der Waals surface area (Å²) in [6.45, 7) is 1.85. The van der Waals surface area contributed by atoms with Crippen LogP contribution < -0.4 is 4.72 Å². The van der Waals surface area contributed by atoms with Crippen molar-refractivity contribution in [3.63, 3.8) is 0 Å². The molecule has 0 spiro atoms. The molecular weight excluding hydrogens is 434 g/mol. The molecule has 0 fully saturated rings. The van der Waals surface area contributed by atoms with Crippen molar-refractivity contribution < 1.29 is 21.9 Å². The predicted molar refractivity (Wildman–Crippen MR) is 119 cm³/mol. The number of sulfone groups is 1. The third-order valence-corrected chi connectivity index (χ3v) is 8.06. The lowest BCUT2D eigenvalue weighted by atomic mass is 10.1. The van der Waals surface area contributed by atoms with Crippen molar-refractivity contribution >= 4 is 36.3 Å². The molecule has 0 aliphatic rings. The van der Waals surface area contributed by atoms with Gasteiger partial charge in [-0.1, -0.05) is 60.2 Å². The number of aryl methyl sites for hydroxylation is 1. The Kier molecular flexibility index (Phi) is 5.20. The van der Waals surface area contributed by atoms with Gasteiger partial charge in [0.1, 0.15) is 10.6 Å². The summed E-state index contributed by atoms with van der Waals surface area (Å²) in [6, 6.07) is 21.6. The van der Waals surface area contributed by atoms with E-state index < -0.39 is 25.6 Å². The highest BCUT2D eigenvalue weighted by molar-refractivity contribution is 7.93. The lowest BCUT2D eigenvalue weighted by Crippen LogP contribution is -2.14. The van der Waals surface area contributed by atoms with Crippen molar-refractivity contribution in [3.8, 4) is 5.75 Å². The highest BCUT2D eigenvalue weighted by Gasteiger charge is 2.26. The van der Waals surface area contributed by atoms with Crippen molar-refractivity contribution in [2.24, 2.45) is 0 Å². The first kappa shape index (κ1) is 20.9. The van der Waals surface area contributed by atoms with Gasteiger partial charge in [-0.15, -0.1) is 0 Å². The number of aromatic hydroxyl groups is 1. The minimum atomic E-state index is -4.09. The van der Waals surface area contributed by atoms with Crippen LogP contribution in [-0.2, 0) is 19.9 Å². The molecule has 0 unspecified atom stereocenters. The number of anilines is 1. The average Bonchev–Trinajstić information content (AvgIpc) is 2.76. The average molecular weight is 454 g/mol. The molecule has 0 radical (unpaired) electrons. The van der Waals surface area contributed by atoms with Crippen molar-refractivity contribution in [2.45, 2.75) is 21.6 Å². The number of hydrogen-bond donors (Lipinski definition) is 2. The fourth-order valence-electron chi connectivity index (χ4n) is 3.27. The minimum absolute atomic E-state index is 0.00655. The molecule has 0 saturated carbocycles. The molecule has 6 nitrogen and oxygen atoms in total. The number of fused-ring (bicyclic) bond motifs is 1. The van der Waals surface area contributed by atoms with Crippen LogP contribution in [0.2, 0.25) is 0 Å². The zero-order valence-electron chi connectivity index (χ0n) is 16.5. The molecule has 0 saturated heterocycles. The van der Waals surface area contributed by atoms with Crippen LogP contribution in [0.1, 0.15) is 5.56 Å². The third kappa shape index (κ3) is 3.87. The fourth-order valence-corrected chi connectivity index (χ4v) is 5.75. The van der Waals surface area contributed by atoms with E-state index in [2.05, 4.69) is 4.72 Å². The first-order valence-corrected chi connectivity index (χ1v) is 12.3. The van der Waals surface area contributed by atoms with Gasteiger partial charge in [-0.25, -0.2) is 16.8 Å². The van der Waals surface area contributed by atoms with E-state index in [0.717, 1.165) is 11.6 Å². The predicted octanol–water partition coefficient (Wildman–Crippen LogP) is 4.49. The van der Waals surface area contributed by atoms with Crippen LogP contribution in [0.3, 0.4) is 0 Å². The second kappa shape index (κ2) is 7.72. The Labute approximate surface area is 180 Å². The summed E-state index contributed by atoms with van der Waals surface area (Å²) in [5.74, 6) is -0.433. The number of rotatable bonds is 5. The van der Waals surface area contributed by atoms with Crippen molar-refractivity contribution in [1.82, 2.24) is 0 Å². The van der Waals surface area contributed by atoms with Crippen molar-refractivity contribution in [1.29, 1.82) is 0 Å². The SMILES string of the molecule is Cc1ccc(S(=O)(=O)Nc2cc(S(=O)(=O)c3ccccc3)c(O)c3ccccc23)cc1. The Balaban J connectivity index is 1.92. The van der Waals surface area contributed by atoms with Gasteiger partial charge in [0.05, 0.1) is 15.5 Å². The van der Waals surface area contributed by atoms with Gasteiger partial charge in [0.15, 0.2) is 0 Å². The van der Waals surface area contributed by atoms with Crippen molar-refractivity contribution in [3.05, 3.63) is 90.5 Å². The highest BCUT2D eigenvalue weighted by atomic mass is 32.2. The molecule has 0 aromatic heterocycles. The topological polar surface area (TPSA) is 101 Å². The van der Waals surface area contributed by atoms with E-state index in [1.54, 1.807) is 54.6 Å². The maximum absolute atomic E-state index is 13.2. The summed E-state index contributed by atoms with van der Waals surface area (Å²) in [7, 11) is -8.08. The summed E-state index contributed by atoms with van der Waals surface area (Å²) < 4.78 is 54.8. The maximum Gasteiger partial charge on any atom is 0.261 e. The highest BCUT2D eigenvalue weighted by Crippen LogP contribution is 2.40. The van der Waals surface area contributed by atoms with Gasteiger partial charge in [0, 0.05) is 10.8 Å². The fraction of sp³-hybridized carbons (Fsp3) is 0.0435. The van der Waals surface area contributed by atoms with Crippen molar-refractivity contribution in [2.75, 3.05) is 4.72 Å². The summed E-state index contributed by atoms with van der Waals surface area (Å²) in [5, 5.41) is 11.4. The summed E-state index contributed by atoms with van der Waals surface area (Å²) >= 11 is 0. The smallest absolute Gasteiger partial charge is 0.261 e. The van der Waals surface area contributed by atoms with E-state index >= 15 is 0 Å². The normalized spacial score (nSPS) is 12.0. The van der Waals surface area contributed by atoms with E-state index in [1.165, 1.54) is 24.3 Å². The number of nitrogens with one attached hydrogen (secondary N) is 1. The summed E-state index contributed by atoms with van der Waals surface area (Å²) in [6.07, 6.45) is 0. The number of phenols is 1. The molecule has 4 rings (SSSR count). The molecule has 0 atom stereocenters. The van der Waals surface area contributed by atoms with Gasteiger partial charge < -0.3 is 5.11 Å². The number of phenolic OH excluding ortho intramolecular Hbond substituents is 1. The number of sulfonamides is 1. The van der Waals surface area contributed by atoms with Gasteiger partial charge in [-0.3, -0.25) is 4.72 Å². The van der Waals surface area contributed by atoms with Crippen LogP contribution in [0.15, 0.2) is 99.6 Å². The second-order valence-electron chi connectivity index (χ2n) is 7.05. The molecular formula is C23H19NO5S2. The Morgan fingerprint density at radius 2 is 1.29 bits per heavy atom. The Bertz CT molecular complexity index is 1480. The first-order chi connectivity index (χ1) is 14.7. The van der Waals surface area contributed by atoms with E-state index in [-0.39, 0.29) is 25.8 Å². The summed E-state index contributed by atoms with van der Waals surface area (Å²) in [5.41, 5.74) is 0.966. The zero-order chi connectivity index (χ0) is 22.2. The van der Waals surface area contributed by atoms with E-state index in [0.29, 0.717) is 5.39 Å². The molecule has 158 valence electrons. The summed E-state index contributed by atoms with van der Waals surface area (Å²) in [4.78, 5) is -0.338. The standard InChI is InChI=1S/C23H19NO5S2/c1-16-11-13-18(14-12-16)31(28,29)24-21-15-22(23(25)20-10-6-5-9-19(20)21)30(26,27)17-7-3-2-4-8-17/h2-15,24-25H,1H3. The quantitative estimate of drug-likeness (QED) is 0.434. The van der Waals surface area contributed by atoms with Gasteiger partial charge in [0.25, 0.3) is 10.0 Å². The molecule has 2 N–H and O–H groups in total. The van der Waals surface area contributed by atoms with E-state index in [4.69, 9.17) is 0 Å². The molecule has 0 aliphatic carbocycles. The van der Waals surface area contributed by atoms with Gasteiger partial charge >= 0.3 is 0 Å². The Morgan fingerprint density at radius 1 is 0.710 bits per heavy atom. The van der Waals surface area contributed by atoms with E-state index in [1.807, 2.05) is 6.92 Å². The van der Waals surface area contributed by atoms with Crippen LogP contribution in [0, 0.1) is 6.92 Å². The lowest BCUT2D eigenvalue weighted by molar-refractivity contribution is 0.465. The molecule has 4 aromatic rings. The van der Waals surface area contributed by atoms with Crippen LogP contribution in [0.25, 0.3) is 10.8 Å². The molecule has 0 heterocycles. The first-order valence-electron chi connectivity index (χ1n) is 9.34. The zero-order valence-corrected chi connectivity index (χ0v) is 18.1. The van der Waals surface area contributed by atoms with Crippen LogP contribution in [-0.4, -0.2) is 21.9 Å². The molecule has 8 heteroatoms. The second-order valence-corrected chi connectivity index (χ2v) is 10.7. The van der Waals surface area contributed by atoms with E-state index in [9.17, 15) is 21.9 Å². The minimum Gasteiger partial charge on any atom is -0.506 e. The Morgan fingerprint density at radius 3 is 1.94 bits per heavy atom. The van der Waals surface area contributed by atoms with Gasteiger partial charge in [-0.05, 0) is 37.3 Å². The van der Waals surface area contributed by atoms with Gasteiger partial charge in [0.2, 0.25) is 9.84 Å². The number of hydrogen-bond acceptors (Lipinski definition) is 5. The molecule has 31 heavy (non-hydrogen) atoms. The molecule has 0 bridgehead atoms. The third-order valence-electron chi connectivity index (χ3n) is 4.90. The van der Waals surface area contributed by atoms with Crippen LogP contribution >= 0.6 is 0 Å². The largest absolute Gasteiger partial charge is 0.506 e. The van der Waals surface area contributed by atoms with Gasteiger partial charge in [-0.2, -0.15) is 0 Å². The number of benzene rings is 4. The maximum atomic E-state index is 13.2. The lowest BCUT2D eigenvalue weighted by Gasteiger charge is -2.15. The van der Waals surface area contributed by atoms with Crippen LogP contribution in [0.5, 0.6) is 5.75 Å². The molecule has 4 aromatic carbocycles. The Hall–Kier alpha value is -3.36. The molecule has 0 aliphatic heterocycles. The monoisotopic (exact) mass is 453 g/mol.